The average molecular weight is 267 g/mol. The molecule has 3 rings (SSSR count). The van der Waals surface area contributed by atoms with Crippen LogP contribution in [-0.4, -0.2) is 28.5 Å². The highest BCUT2D eigenvalue weighted by Crippen LogP contribution is 2.14. The third-order valence-corrected chi connectivity index (χ3v) is 3.01. The lowest BCUT2D eigenvalue weighted by molar-refractivity contribution is -0.117. The van der Waals surface area contributed by atoms with E-state index in [1.54, 1.807) is 0 Å². The molecule has 3 N–H and O–H groups in total. The molecule has 1 fully saturated rings. The number of imidazole rings is 1. The smallest absolute Gasteiger partial charge is 0.243 e. The molecule has 96 valence electrons. The van der Waals surface area contributed by atoms with Gasteiger partial charge in [-0.1, -0.05) is 12.1 Å². The van der Waals surface area contributed by atoms with Crippen LogP contribution in [0.25, 0.3) is 11.0 Å². The summed E-state index contributed by atoms with van der Waals surface area (Å²) in [4.78, 5) is 19.2. The van der Waals surface area contributed by atoms with E-state index in [1.807, 2.05) is 24.3 Å². The quantitative estimate of drug-likeness (QED) is 0.775. The van der Waals surface area contributed by atoms with Crippen LogP contribution >= 0.6 is 12.4 Å². The first kappa shape index (κ1) is 12.9. The lowest BCUT2D eigenvalue weighted by Crippen LogP contribution is -2.35. The Morgan fingerprint density at radius 1 is 1.39 bits per heavy atom. The van der Waals surface area contributed by atoms with Gasteiger partial charge in [-0.2, -0.15) is 0 Å². The van der Waals surface area contributed by atoms with Gasteiger partial charge < -0.3 is 10.3 Å². The van der Waals surface area contributed by atoms with Crippen LogP contribution in [0.1, 0.15) is 12.8 Å². The van der Waals surface area contributed by atoms with Gasteiger partial charge in [0, 0.05) is 0 Å². The van der Waals surface area contributed by atoms with E-state index in [0.29, 0.717) is 5.95 Å². The first-order chi connectivity index (χ1) is 8.33. The third kappa shape index (κ3) is 2.47. The summed E-state index contributed by atoms with van der Waals surface area (Å²) in [5.74, 6) is 0.506. The largest absolute Gasteiger partial charge is 0.324 e. The Morgan fingerprint density at radius 3 is 2.94 bits per heavy atom. The normalized spacial score (nSPS) is 18.6. The number of halogens is 1. The van der Waals surface area contributed by atoms with E-state index >= 15 is 0 Å². The maximum atomic E-state index is 11.9. The molecule has 0 saturated carbocycles. The highest BCUT2D eigenvalue weighted by Gasteiger charge is 2.22. The number of carbonyl (C=O) groups is 1. The molecule has 1 aromatic heterocycles. The van der Waals surface area contributed by atoms with Crippen molar-refractivity contribution < 1.29 is 4.79 Å². The molecule has 6 heteroatoms. The van der Waals surface area contributed by atoms with Crippen molar-refractivity contribution in [1.29, 1.82) is 0 Å². The Labute approximate surface area is 111 Å². The summed E-state index contributed by atoms with van der Waals surface area (Å²) in [6.07, 6.45) is 1.95. The van der Waals surface area contributed by atoms with Gasteiger partial charge in [0.05, 0.1) is 17.1 Å². The number of amides is 1. The molecule has 0 spiro atoms. The number of para-hydroxylation sites is 2. The third-order valence-electron chi connectivity index (χ3n) is 3.01. The van der Waals surface area contributed by atoms with Gasteiger partial charge in [0.15, 0.2) is 0 Å². The predicted molar refractivity (Wildman–Crippen MR) is 73.0 cm³/mol. The van der Waals surface area contributed by atoms with Crippen LogP contribution in [0, 0.1) is 0 Å². The van der Waals surface area contributed by atoms with Crippen molar-refractivity contribution in [2.45, 2.75) is 18.9 Å². The summed E-state index contributed by atoms with van der Waals surface area (Å²) in [5.41, 5.74) is 1.80. The monoisotopic (exact) mass is 266 g/mol. The van der Waals surface area contributed by atoms with Crippen molar-refractivity contribution in [3.8, 4) is 0 Å². The average Bonchev–Trinajstić information content (AvgIpc) is 2.97. The number of aromatic nitrogens is 2. The van der Waals surface area contributed by atoms with Crippen molar-refractivity contribution in [3.05, 3.63) is 24.3 Å². The zero-order chi connectivity index (χ0) is 11.7. The minimum Gasteiger partial charge on any atom is -0.324 e. The first-order valence-corrected chi connectivity index (χ1v) is 5.82. The molecule has 2 aromatic rings. The van der Waals surface area contributed by atoms with Crippen molar-refractivity contribution in [2.24, 2.45) is 0 Å². The Hall–Kier alpha value is -1.59. The number of nitrogens with one attached hydrogen (secondary N) is 3. The maximum absolute atomic E-state index is 11.9. The zero-order valence-electron chi connectivity index (χ0n) is 9.77. The molecular formula is C12H15ClN4O. The van der Waals surface area contributed by atoms with Gasteiger partial charge in [0.2, 0.25) is 11.9 Å². The number of nitrogens with zero attached hydrogens (tertiary/aromatic N) is 1. The van der Waals surface area contributed by atoms with Gasteiger partial charge in [0.1, 0.15) is 0 Å². The van der Waals surface area contributed by atoms with Gasteiger partial charge in [-0.25, -0.2) is 4.98 Å². The summed E-state index contributed by atoms with van der Waals surface area (Å²) in [6.45, 7) is 0.915. The number of benzene rings is 1. The number of carbonyl (C=O) groups excluding carboxylic acids is 1. The molecule has 18 heavy (non-hydrogen) atoms. The number of hydrogen-bond donors (Lipinski definition) is 3. The minimum atomic E-state index is -0.0804. The molecular weight excluding hydrogens is 252 g/mol. The molecule has 1 aromatic carbocycles. The fourth-order valence-corrected chi connectivity index (χ4v) is 2.12. The van der Waals surface area contributed by atoms with E-state index in [-0.39, 0.29) is 24.4 Å². The fourth-order valence-electron chi connectivity index (χ4n) is 2.12. The number of H-pyrrole nitrogens is 1. The maximum Gasteiger partial charge on any atom is 0.243 e. The second-order valence-electron chi connectivity index (χ2n) is 4.24. The zero-order valence-corrected chi connectivity index (χ0v) is 10.6. The van der Waals surface area contributed by atoms with E-state index < -0.39 is 0 Å². The molecule has 5 nitrogen and oxygen atoms in total. The summed E-state index contributed by atoms with van der Waals surface area (Å²) in [5, 5.41) is 5.96. The molecule has 0 bridgehead atoms. The highest BCUT2D eigenvalue weighted by atomic mass is 35.5. The summed E-state index contributed by atoms with van der Waals surface area (Å²) in [6, 6.07) is 7.63. The fraction of sp³-hybridized carbons (Fsp3) is 0.333. The van der Waals surface area contributed by atoms with Crippen molar-refractivity contribution in [2.75, 3.05) is 11.9 Å². The van der Waals surface area contributed by atoms with E-state index in [2.05, 4.69) is 20.6 Å². The van der Waals surface area contributed by atoms with Gasteiger partial charge in [-0.15, -0.1) is 12.4 Å². The number of anilines is 1. The molecule has 2 heterocycles. The number of fused-ring (bicyclic) bond motifs is 1. The lowest BCUT2D eigenvalue weighted by atomic mass is 10.2. The van der Waals surface area contributed by atoms with Crippen molar-refractivity contribution in [3.63, 3.8) is 0 Å². The number of rotatable bonds is 2. The summed E-state index contributed by atoms with van der Waals surface area (Å²) < 4.78 is 0. The Morgan fingerprint density at radius 2 is 2.22 bits per heavy atom. The topological polar surface area (TPSA) is 69.8 Å². The predicted octanol–water partition coefficient (Wildman–Crippen LogP) is 1.68. The van der Waals surface area contributed by atoms with E-state index in [1.165, 1.54) is 0 Å². The number of aromatic amines is 1. The van der Waals surface area contributed by atoms with Crippen LogP contribution in [0.15, 0.2) is 24.3 Å². The van der Waals surface area contributed by atoms with Crippen molar-refractivity contribution in [1.82, 2.24) is 15.3 Å². The van der Waals surface area contributed by atoms with Crippen molar-refractivity contribution >= 4 is 35.3 Å². The summed E-state index contributed by atoms with van der Waals surface area (Å²) >= 11 is 0. The Kier molecular flexibility index (Phi) is 3.84. The molecule has 0 unspecified atom stereocenters. The van der Waals surface area contributed by atoms with Gasteiger partial charge >= 0.3 is 0 Å². The van der Waals surface area contributed by atoms with Crippen LogP contribution in [0.5, 0.6) is 0 Å². The standard InChI is InChI=1S/C12H14N4O.ClH/c17-11(10-6-3-7-13-10)16-12-14-8-4-1-2-5-9(8)15-12;/h1-2,4-5,10,13H,3,6-7H2,(H2,14,15,16,17);1H/t10-;/m0./s1. The minimum absolute atomic E-state index is 0. The van der Waals surface area contributed by atoms with Crippen LogP contribution in [0.3, 0.4) is 0 Å². The number of hydrogen-bond acceptors (Lipinski definition) is 3. The summed E-state index contributed by atoms with van der Waals surface area (Å²) in [7, 11) is 0. The molecule has 1 saturated heterocycles. The molecule has 1 amide bonds. The molecule has 1 aliphatic rings. The molecule has 1 atom stereocenters. The molecule has 0 aliphatic carbocycles. The van der Waals surface area contributed by atoms with Gasteiger partial charge in [-0.05, 0) is 31.5 Å². The van der Waals surface area contributed by atoms with Gasteiger partial charge in [0.25, 0.3) is 0 Å². The van der Waals surface area contributed by atoms with Crippen LogP contribution in [0.4, 0.5) is 5.95 Å². The van der Waals surface area contributed by atoms with E-state index in [4.69, 9.17) is 0 Å². The second kappa shape index (κ2) is 5.37. The van der Waals surface area contributed by atoms with Crippen LogP contribution in [0.2, 0.25) is 0 Å². The Balaban J connectivity index is 0.00000120. The molecule has 0 radical (unpaired) electrons. The van der Waals surface area contributed by atoms with E-state index in [0.717, 1.165) is 30.4 Å². The second-order valence-corrected chi connectivity index (χ2v) is 4.24. The lowest BCUT2D eigenvalue weighted by Gasteiger charge is -2.08. The van der Waals surface area contributed by atoms with Crippen LogP contribution in [-0.2, 0) is 4.79 Å². The van der Waals surface area contributed by atoms with Crippen LogP contribution < -0.4 is 10.6 Å². The highest BCUT2D eigenvalue weighted by molar-refractivity contribution is 5.94. The molecule has 1 aliphatic heterocycles. The Bertz CT molecular complexity index is 515. The first-order valence-electron chi connectivity index (χ1n) is 5.82. The van der Waals surface area contributed by atoms with Gasteiger partial charge in [-0.3, -0.25) is 10.1 Å². The SMILES string of the molecule is Cl.O=C(Nc1nc2ccccc2[nH]1)[C@@H]1CCCN1. The van der Waals surface area contributed by atoms with E-state index in [9.17, 15) is 4.79 Å².